The molecule has 0 bridgehead atoms. The summed E-state index contributed by atoms with van der Waals surface area (Å²) in [6.07, 6.45) is 0.104. The molecule has 5 N–H and O–H groups in total. The quantitative estimate of drug-likeness (QED) is 0.628. The number of nitrogens with two attached hydrogens (primary N) is 1. The highest BCUT2D eigenvalue weighted by molar-refractivity contribution is 5.97. The Morgan fingerprint density at radius 2 is 1.64 bits per heavy atom. The van der Waals surface area contributed by atoms with Gasteiger partial charge in [0.2, 0.25) is 11.8 Å². The van der Waals surface area contributed by atoms with Gasteiger partial charge in [-0.25, -0.2) is 0 Å². The average Bonchev–Trinajstić information content (AvgIpc) is 2.45. The Bertz CT molecular complexity index is 595. The van der Waals surface area contributed by atoms with E-state index in [0.29, 0.717) is 23.8 Å². The Kier molecular flexibility index (Phi) is 9.45. The number of rotatable bonds is 6. The maximum Gasteiger partial charge on any atom is 0.304 e. The predicted molar refractivity (Wildman–Crippen MR) is 99.3 cm³/mol. The number of carboxylic acids is 1. The second kappa shape index (κ2) is 10.5. The fourth-order valence-electron chi connectivity index (χ4n) is 1.68. The van der Waals surface area contributed by atoms with Gasteiger partial charge >= 0.3 is 5.97 Å². The fourth-order valence-corrected chi connectivity index (χ4v) is 1.68. The van der Waals surface area contributed by atoms with Crippen molar-refractivity contribution < 1.29 is 19.5 Å². The molecule has 0 aliphatic heterocycles. The Morgan fingerprint density at radius 3 is 2.08 bits per heavy atom. The zero-order valence-electron chi connectivity index (χ0n) is 15.6. The first-order valence-corrected chi connectivity index (χ1v) is 8.16. The van der Waals surface area contributed by atoms with E-state index in [1.54, 1.807) is 45.0 Å². The Labute approximate surface area is 149 Å². The fraction of sp³-hybridized carbons (Fsp3) is 0.500. The van der Waals surface area contributed by atoms with Gasteiger partial charge in [0.1, 0.15) is 0 Å². The summed E-state index contributed by atoms with van der Waals surface area (Å²) in [5.41, 5.74) is 5.18. The summed E-state index contributed by atoms with van der Waals surface area (Å²) in [5, 5.41) is 14.2. The molecule has 0 unspecified atom stereocenters. The van der Waals surface area contributed by atoms with Gasteiger partial charge in [-0.3, -0.25) is 14.4 Å². The maximum atomic E-state index is 12.1. The molecule has 0 fully saturated rings. The first-order chi connectivity index (χ1) is 11.5. The molecular formula is C18H29N3O4. The lowest BCUT2D eigenvalue weighted by Crippen LogP contribution is -2.32. The second-order valence-corrected chi connectivity index (χ2v) is 6.64. The van der Waals surface area contributed by atoms with E-state index in [4.69, 9.17) is 10.8 Å². The normalized spacial score (nSPS) is 10.5. The van der Waals surface area contributed by atoms with Crippen molar-refractivity contribution in [1.82, 2.24) is 0 Å². The van der Waals surface area contributed by atoms with E-state index in [0.717, 1.165) is 0 Å². The summed E-state index contributed by atoms with van der Waals surface area (Å²) in [6, 6.07) is 7.05. The van der Waals surface area contributed by atoms with E-state index >= 15 is 0 Å². The zero-order chi connectivity index (χ0) is 19.6. The van der Waals surface area contributed by atoms with Gasteiger partial charge in [-0.05, 0) is 24.2 Å². The van der Waals surface area contributed by atoms with Crippen LogP contribution in [0.5, 0.6) is 0 Å². The SMILES string of the molecule is CC(C)N.CCC(=O)Nc1cccc(NC(=O)C(C)(C)CC(=O)O)c1. The molecule has 0 heterocycles. The number of aliphatic carboxylic acids is 1. The van der Waals surface area contributed by atoms with Gasteiger partial charge in [0.25, 0.3) is 0 Å². The molecule has 0 radical (unpaired) electrons. The van der Waals surface area contributed by atoms with Crippen molar-refractivity contribution in [2.75, 3.05) is 10.6 Å². The van der Waals surface area contributed by atoms with Gasteiger partial charge in [0.15, 0.2) is 0 Å². The maximum absolute atomic E-state index is 12.1. The third-order valence-corrected chi connectivity index (χ3v) is 2.93. The van der Waals surface area contributed by atoms with E-state index in [1.807, 2.05) is 13.8 Å². The molecule has 140 valence electrons. The highest BCUT2D eigenvalue weighted by atomic mass is 16.4. The number of benzene rings is 1. The molecule has 25 heavy (non-hydrogen) atoms. The van der Waals surface area contributed by atoms with Crippen LogP contribution in [-0.4, -0.2) is 28.9 Å². The third-order valence-electron chi connectivity index (χ3n) is 2.93. The number of nitrogens with one attached hydrogen (secondary N) is 2. The first-order valence-electron chi connectivity index (χ1n) is 8.16. The largest absolute Gasteiger partial charge is 0.481 e. The molecule has 1 aromatic rings. The van der Waals surface area contributed by atoms with Crippen LogP contribution >= 0.6 is 0 Å². The van der Waals surface area contributed by atoms with Gasteiger partial charge in [0.05, 0.1) is 11.8 Å². The number of carboxylic acid groups (broad SMARTS) is 1. The molecule has 0 aliphatic carbocycles. The molecule has 1 rings (SSSR count). The minimum atomic E-state index is -1.03. The Hall–Kier alpha value is -2.41. The zero-order valence-corrected chi connectivity index (χ0v) is 15.6. The first kappa shape index (κ1) is 22.6. The average molecular weight is 351 g/mol. The highest BCUT2D eigenvalue weighted by Gasteiger charge is 2.30. The van der Waals surface area contributed by atoms with Crippen molar-refractivity contribution in [2.24, 2.45) is 11.1 Å². The number of anilines is 2. The van der Waals surface area contributed by atoms with Gasteiger partial charge in [0, 0.05) is 17.8 Å². The van der Waals surface area contributed by atoms with E-state index < -0.39 is 11.4 Å². The highest BCUT2D eigenvalue weighted by Crippen LogP contribution is 2.24. The van der Waals surface area contributed by atoms with Crippen LogP contribution in [0.3, 0.4) is 0 Å². The van der Waals surface area contributed by atoms with E-state index in [2.05, 4.69) is 10.6 Å². The standard InChI is InChI=1S/C15H20N2O4.C3H9N/c1-4-12(18)16-10-6-5-7-11(8-10)17-14(21)15(2,3)9-13(19)20;1-3(2)4/h5-8H,4,9H2,1-3H3,(H,16,18)(H,17,21)(H,19,20);3H,4H2,1-2H3. The van der Waals surface area contributed by atoms with Crippen molar-refractivity contribution in [3.05, 3.63) is 24.3 Å². The summed E-state index contributed by atoms with van der Waals surface area (Å²) >= 11 is 0. The van der Waals surface area contributed by atoms with Crippen LogP contribution < -0.4 is 16.4 Å². The van der Waals surface area contributed by atoms with Crippen LogP contribution in [0.2, 0.25) is 0 Å². The van der Waals surface area contributed by atoms with Crippen LogP contribution in [0.25, 0.3) is 0 Å². The van der Waals surface area contributed by atoms with E-state index in [-0.39, 0.29) is 18.2 Å². The van der Waals surface area contributed by atoms with Gasteiger partial charge in [-0.2, -0.15) is 0 Å². The molecule has 1 aromatic carbocycles. The molecule has 7 nitrogen and oxygen atoms in total. The molecule has 0 aromatic heterocycles. The lowest BCUT2D eigenvalue weighted by Gasteiger charge is -2.21. The summed E-state index contributed by atoms with van der Waals surface area (Å²) in [5.74, 6) is -1.53. The van der Waals surface area contributed by atoms with Crippen LogP contribution in [0, 0.1) is 5.41 Å². The minimum Gasteiger partial charge on any atom is -0.481 e. The molecular weight excluding hydrogens is 322 g/mol. The number of hydrogen-bond acceptors (Lipinski definition) is 4. The van der Waals surface area contributed by atoms with Crippen LogP contribution in [-0.2, 0) is 14.4 Å². The molecule has 0 atom stereocenters. The molecule has 0 spiro atoms. The third kappa shape index (κ3) is 10.1. The van der Waals surface area contributed by atoms with Crippen LogP contribution in [0.4, 0.5) is 11.4 Å². The van der Waals surface area contributed by atoms with Crippen molar-refractivity contribution in [3.8, 4) is 0 Å². The van der Waals surface area contributed by atoms with E-state index in [1.165, 1.54) is 0 Å². The summed E-state index contributed by atoms with van der Waals surface area (Å²) in [6.45, 7) is 8.77. The Morgan fingerprint density at radius 1 is 1.16 bits per heavy atom. The topological polar surface area (TPSA) is 122 Å². The Balaban J connectivity index is 0.00000129. The monoisotopic (exact) mass is 351 g/mol. The van der Waals surface area contributed by atoms with Gasteiger partial charge in [-0.1, -0.05) is 40.7 Å². The van der Waals surface area contributed by atoms with Crippen LogP contribution in [0.15, 0.2) is 24.3 Å². The van der Waals surface area contributed by atoms with Crippen molar-refractivity contribution >= 4 is 29.2 Å². The number of amides is 2. The molecule has 0 saturated heterocycles. The second-order valence-electron chi connectivity index (χ2n) is 6.64. The number of carbonyl (C=O) groups is 3. The number of hydrogen-bond donors (Lipinski definition) is 4. The van der Waals surface area contributed by atoms with Crippen molar-refractivity contribution in [2.45, 2.75) is 53.5 Å². The van der Waals surface area contributed by atoms with Crippen molar-refractivity contribution in [3.63, 3.8) is 0 Å². The summed E-state index contributed by atoms with van der Waals surface area (Å²) < 4.78 is 0. The minimum absolute atomic E-state index is 0.121. The predicted octanol–water partition coefficient (Wildman–Crippen LogP) is 2.83. The van der Waals surface area contributed by atoms with Gasteiger partial charge < -0.3 is 21.5 Å². The van der Waals surface area contributed by atoms with Crippen LogP contribution in [0.1, 0.15) is 47.5 Å². The van der Waals surface area contributed by atoms with Gasteiger partial charge in [-0.15, -0.1) is 0 Å². The lowest BCUT2D eigenvalue weighted by molar-refractivity contribution is -0.142. The molecule has 0 saturated carbocycles. The smallest absolute Gasteiger partial charge is 0.304 e. The lowest BCUT2D eigenvalue weighted by atomic mass is 9.88. The molecule has 0 aliphatic rings. The van der Waals surface area contributed by atoms with E-state index in [9.17, 15) is 14.4 Å². The summed E-state index contributed by atoms with van der Waals surface area (Å²) in [7, 11) is 0. The molecule has 7 heteroatoms. The summed E-state index contributed by atoms with van der Waals surface area (Å²) in [4.78, 5) is 34.2. The van der Waals surface area contributed by atoms with Crippen molar-refractivity contribution in [1.29, 1.82) is 0 Å². The molecule has 2 amide bonds. The number of carbonyl (C=O) groups excluding carboxylic acids is 2.